The minimum Gasteiger partial charge on any atom is -0.476 e. The molecule has 0 bridgehead atoms. The molecular weight excluding hydrogens is 322 g/mol. The van der Waals surface area contributed by atoms with Crippen LogP contribution < -0.4 is 0 Å². The number of carboxylic acids is 1. The van der Waals surface area contributed by atoms with Gasteiger partial charge in [0, 0.05) is 5.38 Å². The summed E-state index contributed by atoms with van der Waals surface area (Å²) in [6.07, 6.45) is 0. The highest BCUT2D eigenvalue weighted by molar-refractivity contribution is 7.13. The van der Waals surface area contributed by atoms with Gasteiger partial charge in [0.15, 0.2) is 0 Å². The highest BCUT2D eigenvalue weighted by Crippen LogP contribution is 2.21. The van der Waals surface area contributed by atoms with E-state index < -0.39 is 28.9 Å². The molecule has 1 heterocycles. The Kier molecular flexibility index (Phi) is 5.60. The van der Waals surface area contributed by atoms with E-state index >= 15 is 0 Å². The minimum atomic E-state index is -1.45. The number of carboxylic acid groups (broad SMARTS) is 1. The molecule has 1 rings (SSSR count). The van der Waals surface area contributed by atoms with Crippen LogP contribution in [0.25, 0.3) is 0 Å². The Morgan fingerprint density at radius 1 is 1.30 bits per heavy atom. The lowest BCUT2D eigenvalue weighted by molar-refractivity contribution is -0.179. The number of carbonyl (C=O) groups is 2. The van der Waals surface area contributed by atoms with Crippen LogP contribution in [-0.4, -0.2) is 45.7 Å². The fraction of sp³-hybridized carbons (Fsp3) is 0.500. The molecular formula is C14H19N3O5S. The second kappa shape index (κ2) is 6.86. The van der Waals surface area contributed by atoms with E-state index in [0.29, 0.717) is 5.13 Å². The van der Waals surface area contributed by atoms with Crippen LogP contribution in [0.2, 0.25) is 0 Å². The smallest absolute Gasteiger partial charge is 0.360 e. The van der Waals surface area contributed by atoms with E-state index in [9.17, 15) is 14.7 Å². The number of hydrogen-bond acceptors (Lipinski definition) is 8. The van der Waals surface area contributed by atoms with Crippen LogP contribution in [0.5, 0.6) is 0 Å². The van der Waals surface area contributed by atoms with Crippen LogP contribution in [-0.2, 0) is 19.2 Å². The Bertz CT molecular complexity index is 643. The summed E-state index contributed by atoms with van der Waals surface area (Å²) in [5.41, 5.74) is -2.52. The summed E-state index contributed by atoms with van der Waals surface area (Å²) in [5.74, 6) is -2.00. The van der Waals surface area contributed by atoms with Crippen LogP contribution in [0.15, 0.2) is 15.5 Å². The first kappa shape index (κ1) is 18.8. The maximum absolute atomic E-state index is 12.0. The minimum absolute atomic E-state index is 0.0740. The first-order chi connectivity index (χ1) is 10.5. The maximum Gasteiger partial charge on any atom is 0.360 e. The number of thiazole rings is 1. The van der Waals surface area contributed by atoms with Gasteiger partial charge in [0.25, 0.3) is 0 Å². The average molecular weight is 341 g/mol. The van der Waals surface area contributed by atoms with E-state index in [1.165, 1.54) is 19.2 Å². The van der Waals surface area contributed by atoms with Gasteiger partial charge in [0.05, 0.1) is 0 Å². The van der Waals surface area contributed by atoms with Crippen molar-refractivity contribution in [3.63, 3.8) is 0 Å². The number of aliphatic carboxylic acids is 1. The van der Waals surface area contributed by atoms with Gasteiger partial charge >= 0.3 is 11.9 Å². The monoisotopic (exact) mass is 341 g/mol. The molecule has 0 aliphatic heterocycles. The Labute approximate surface area is 137 Å². The van der Waals surface area contributed by atoms with Crippen molar-refractivity contribution in [3.8, 4) is 0 Å². The lowest BCUT2D eigenvalue weighted by Crippen LogP contribution is -2.40. The SMILES string of the molecule is C=Nc1nc(/C(=N/OC(C)(C)C(=O)OC(C)(C)C)C(=O)O)cs1. The molecule has 1 aromatic rings. The fourth-order valence-corrected chi connectivity index (χ4v) is 1.85. The van der Waals surface area contributed by atoms with Crippen molar-refractivity contribution in [1.82, 2.24) is 4.98 Å². The normalized spacial score (nSPS) is 12.7. The van der Waals surface area contributed by atoms with E-state index in [2.05, 4.69) is 21.8 Å². The van der Waals surface area contributed by atoms with Crippen LogP contribution in [0.3, 0.4) is 0 Å². The maximum atomic E-state index is 12.0. The fourth-order valence-electron chi connectivity index (χ4n) is 1.24. The predicted molar refractivity (Wildman–Crippen MR) is 86.5 cm³/mol. The van der Waals surface area contributed by atoms with Crippen LogP contribution in [0, 0.1) is 0 Å². The van der Waals surface area contributed by atoms with Gasteiger partial charge in [0.2, 0.25) is 16.4 Å². The lowest BCUT2D eigenvalue weighted by atomic mass is 10.1. The number of carbonyl (C=O) groups excluding carboxylic acids is 1. The largest absolute Gasteiger partial charge is 0.476 e. The molecule has 0 amide bonds. The van der Waals surface area contributed by atoms with E-state index in [0.717, 1.165) is 11.3 Å². The van der Waals surface area contributed by atoms with Gasteiger partial charge in [-0.1, -0.05) is 5.16 Å². The summed E-state index contributed by atoms with van der Waals surface area (Å²) >= 11 is 1.11. The third kappa shape index (κ3) is 5.44. The predicted octanol–water partition coefficient (Wildman–Crippen LogP) is 2.40. The van der Waals surface area contributed by atoms with E-state index in [-0.39, 0.29) is 5.69 Å². The highest BCUT2D eigenvalue weighted by atomic mass is 32.1. The van der Waals surface area contributed by atoms with Crippen molar-refractivity contribution < 1.29 is 24.3 Å². The number of esters is 1. The van der Waals surface area contributed by atoms with Gasteiger partial charge in [-0.3, -0.25) is 0 Å². The van der Waals surface area contributed by atoms with Gasteiger partial charge in [-0.05, 0) is 41.3 Å². The number of aliphatic imine (C=N–C) groups is 1. The third-order valence-electron chi connectivity index (χ3n) is 2.33. The summed E-state index contributed by atoms with van der Waals surface area (Å²) in [7, 11) is 0. The Hall–Kier alpha value is -2.29. The second-order valence-electron chi connectivity index (χ2n) is 6.02. The molecule has 126 valence electrons. The molecule has 0 saturated carbocycles. The molecule has 9 heteroatoms. The molecule has 0 aliphatic rings. The van der Waals surface area contributed by atoms with E-state index in [1.54, 1.807) is 20.8 Å². The topological polar surface area (TPSA) is 110 Å². The number of oxime groups is 1. The van der Waals surface area contributed by atoms with Gasteiger partial charge in [-0.15, -0.1) is 11.3 Å². The second-order valence-corrected chi connectivity index (χ2v) is 6.86. The highest BCUT2D eigenvalue weighted by Gasteiger charge is 2.36. The number of nitrogens with zero attached hydrogens (tertiary/aromatic N) is 3. The quantitative estimate of drug-likeness (QED) is 0.483. The molecule has 0 fully saturated rings. The number of hydrogen-bond donors (Lipinski definition) is 1. The first-order valence-corrected chi connectivity index (χ1v) is 7.50. The number of rotatable bonds is 6. The first-order valence-electron chi connectivity index (χ1n) is 6.62. The van der Waals surface area contributed by atoms with Crippen LogP contribution >= 0.6 is 11.3 Å². The van der Waals surface area contributed by atoms with Gasteiger partial charge in [0.1, 0.15) is 11.3 Å². The Morgan fingerprint density at radius 2 is 1.91 bits per heavy atom. The molecule has 0 unspecified atom stereocenters. The summed E-state index contributed by atoms with van der Waals surface area (Å²) in [6.45, 7) is 11.3. The molecule has 0 aliphatic carbocycles. The zero-order chi connectivity index (χ0) is 17.8. The molecule has 0 aromatic carbocycles. The van der Waals surface area contributed by atoms with Crippen molar-refractivity contribution in [2.24, 2.45) is 10.1 Å². The molecule has 0 saturated heterocycles. The number of aromatic nitrogens is 1. The Balaban J connectivity index is 2.99. The molecule has 0 radical (unpaired) electrons. The van der Waals surface area contributed by atoms with E-state index in [1.807, 2.05) is 0 Å². The molecule has 1 aromatic heterocycles. The summed E-state index contributed by atoms with van der Waals surface area (Å²) in [5, 5.41) is 14.5. The number of ether oxygens (including phenoxy) is 1. The van der Waals surface area contributed by atoms with Crippen molar-refractivity contribution in [3.05, 3.63) is 11.1 Å². The molecule has 8 nitrogen and oxygen atoms in total. The summed E-state index contributed by atoms with van der Waals surface area (Å²) < 4.78 is 5.21. The molecule has 0 atom stereocenters. The molecule has 23 heavy (non-hydrogen) atoms. The molecule has 0 spiro atoms. The summed E-state index contributed by atoms with van der Waals surface area (Å²) in [4.78, 5) is 36.0. The standard InChI is InChI=1S/C14H19N3O5S/c1-13(2,3)21-11(20)14(4,5)22-17-9(10(18)19)8-7-23-12(15-6)16-8/h7H,6H2,1-5H3,(H,18,19)/b17-9-. The average Bonchev–Trinajstić information content (AvgIpc) is 2.85. The van der Waals surface area contributed by atoms with Crippen LogP contribution in [0.4, 0.5) is 5.13 Å². The van der Waals surface area contributed by atoms with Gasteiger partial charge < -0.3 is 14.7 Å². The lowest BCUT2D eigenvalue weighted by Gasteiger charge is -2.26. The summed E-state index contributed by atoms with van der Waals surface area (Å²) in [6, 6.07) is 0. The van der Waals surface area contributed by atoms with Gasteiger partial charge in [-0.2, -0.15) is 0 Å². The van der Waals surface area contributed by atoms with Crippen molar-refractivity contribution >= 4 is 40.8 Å². The van der Waals surface area contributed by atoms with Crippen molar-refractivity contribution in [1.29, 1.82) is 0 Å². The zero-order valence-corrected chi connectivity index (χ0v) is 14.4. The Morgan fingerprint density at radius 3 is 2.35 bits per heavy atom. The molecule has 1 N–H and O–H groups in total. The van der Waals surface area contributed by atoms with Crippen molar-refractivity contribution in [2.45, 2.75) is 45.8 Å². The third-order valence-corrected chi connectivity index (χ3v) is 3.10. The van der Waals surface area contributed by atoms with Gasteiger partial charge in [-0.25, -0.2) is 19.6 Å². The van der Waals surface area contributed by atoms with Crippen molar-refractivity contribution in [2.75, 3.05) is 0 Å². The van der Waals surface area contributed by atoms with E-state index in [4.69, 9.17) is 9.57 Å². The van der Waals surface area contributed by atoms with Crippen LogP contribution in [0.1, 0.15) is 40.3 Å². The zero-order valence-electron chi connectivity index (χ0n) is 13.6.